The zero-order chi connectivity index (χ0) is 41.3. The van der Waals surface area contributed by atoms with Crippen molar-refractivity contribution in [2.75, 3.05) is 0 Å². The number of benzene rings is 8. The molecule has 0 saturated carbocycles. The molecule has 0 unspecified atom stereocenters. The van der Waals surface area contributed by atoms with Gasteiger partial charge >= 0.3 is 11.4 Å². The number of hydrogen-bond donors (Lipinski definition) is 0. The highest BCUT2D eigenvalue weighted by Gasteiger charge is 2.50. The van der Waals surface area contributed by atoms with Crippen LogP contribution < -0.4 is 0 Å². The van der Waals surface area contributed by atoms with Gasteiger partial charge in [-0.25, -0.2) is 0 Å². The summed E-state index contributed by atoms with van der Waals surface area (Å²) in [6.45, 7) is 0. The molecule has 1 heterocycles. The van der Waals surface area contributed by atoms with Crippen LogP contribution in [-0.2, 0) is 10.8 Å². The van der Waals surface area contributed by atoms with E-state index in [1.807, 2.05) is 121 Å². The number of hydrogen-bond acceptors (Lipinski definition) is 5. The lowest BCUT2D eigenvalue weighted by Crippen LogP contribution is -2.28. The van der Waals surface area contributed by atoms with E-state index in [-0.39, 0.29) is 9.75 Å². The second-order valence-electron chi connectivity index (χ2n) is 15.5. The van der Waals surface area contributed by atoms with Crippen LogP contribution in [0.25, 0.3) is 43.1 Å². The summed E-state index contributed by atoms with van der Waals surface area (Å²) in [5, 5.41) is 27.0. The van der Waals surface area contributed by atoms with Crippen LogP contribution in [0.2, 0.25) is 0 Å². The summed E-state index contributed by atoms with van der Waals surface area (Å²) in [6.07, 6.45) is 0. The van der Waals surface area contributed by atoms with Gasteiger partial charge in [0.05, 0.1) is 20.7 Å². The lowest BCUT2D eigenvalue weighted by atomic mass is 9.67. The molecule has 2 aliphatic rings. The van der Waals surface area contributed by atoms with Crippen LogP contribution in [0.5, 0.6) is 0 Å². The molecular weight excluding hydrogens is 773 g/mol. The predicted octanol–water partition coefficient (Wildman–Crippen LogP) is 13.6. The molecule has 61 heavy (non-hydrogen) atoms. The van der Waals surface area contributed by atoms with Gasteiger partial charge in [0.25, 0.3) is 0 Å². The molecule has 0 spiro atoms. The van der Waals surface area contributed by atoms with E-state index in [0.29, 0.717) is 11.1 Å². The van der Waals surface area contributed by atoms with Crippen molar-refractivity contribution in [3.8, 4) is 43.1 Å². The molecule has 11 rings (SSSR count). The molecule has 1 aromatic heterocycles. The summed E-state index contributed by atoms with van der Waals surface area (Å²) in [5.41, 5.74) is 10.4. The summed E-state index contributed by atoms with van der Waals surface area (Å²) in [6, 6.07) is 69.5. The molecule has 7 heteroatoms. The summed E-state index contributed by atoms with van der Waals surface area (Å²) >= 11 is 1.13. The van der Waals surface area contributed by atoms with E-state index < -0.39 is 32.1 Å². The molecule has 0 bridgehead atoms. The number of nitro groups is 2. The second-order valence-corrected chi connectivity index (χ2v) is 16.5. The van der Waals surface area contributed by atoms with E-state index in [4.69, 9.17) is 0 Å². The van der Waals surface area contributed by atoms with Gasteiger partial charge < -0.3 is 0 Å². The molecule has 0 N–H and O–H groups in total. The van der Waals surface area contributed by atoms with Gasteiger partial charge in [-0.2, -0.15) is 0 Å². The van der Waals surface area contributed by atoms with Crippen LogP contribution in [0.1, 0.15) is 44.5 Å². The highest BCUT2D eigenvalue weighted by molar-refractivity contribution is 7.20. The van der Waals surface area contributed by atoms with E-state index in [1.165, 1.54) is 0 Å². The van der Waals surface area contributed by atoms with E-state index in [1.54, 1.807) is 0 Å². The molecule has 2 aliphatic carbocycles. The maximum Gasteiger partial charge on any atom is 0.365 e. The van der Waals surface area contributed by atoms with Gasteiger partial charge in [-0.15, -0.1) is 11.3 Å². The molecule has 0 aliphatic heterocycles. The van der Waals surface area contributed by atoms with Crippen molar-refractivity contribution in [3.05, 3.63) is 271 Å². The van der Waals surface area contributed by atoms with Crippen molar-refractivity contribution in [2.24, 2.45) is 0 Å². The molecule has 0 amide bonds. The fraction of sp³-hybridized carbons (Fsp3) is 0.0370. The van der Waals surface area contributed by atoms with Crippen LogP contribution in [0.4, 0.5) is 11.4 Å². The summed E-state index contributed by atoms with van der Waals surface area (Å²) in [7, 11) is 0. The minimum absolute atomic E-state index is 0.247. The van der Waals surface area contributed by atoms with Gasteiger partial charge in [-0.3, -0.25) is 20.2 Å². The van der Waals surface area contributed by atoms with Gasteiger partial charge in [-0.05, 0) is 66.8 Å². The highest BCUT2D eigenvalue weighted by atomic mass is 32.1. The van der Waals surface area contributed by atoms with Crippen LogP contribution >= 0.6 is 11.3 Å². The molecule has 0 radical (unpaired) electrons. The Labute approximate surface area is 356 Å². The minimum Gasteiger partial charge on any atom is -0.258 e. The fourth-order valence-corrected chi connectivity index (χ4v) is 11.8. The lowest BCUT2D eigenvalue weighted by molar-refractivity contribution is -0.420. The van der Waals surface area contributed by atoms with Crippen LogP contribution in [-0.4, -0.2) is 9.85 Å². The Balaban J connectivity index is 1.22. The van der Waals surface area contributed by atoms with E-state index >= 15 is 0 Å². The van der Waals surface area contributed by atoms with Gasteiger partial charge in [0.15, 0.2) is 0 Å². The average molecular weight is 807 g/mol. The lowest BCUT2D eigenvalue weighted by Gasteiger charge is -2.33. The second kappa shape index (κ2) is 13.9. The zero-order valence-corrected chi connectivity index (χ0v) is 33.4. The van der Waals surface area contributed by atoms with E-state index in [0.717, 1.165) is 78.1 Å². The monoisotopic (exact) mass is 806 g/mol. The average Bonchev–Trinajstić information content (AvgIpc) is 3.97. The summed E-state index contributed by atoms with van der Waals surface area (Å²) in [4.78, 5) is 26.4. The first-order valence-corrected chi connectivity index (χ1v) is 20.9. The minimum atomic E-state index is -0.757. The molecular formula is C54H34N2O4S. The number of rotatable bonds is 8. The molecule has 6 nitrogen and oxygen atoms in total. The highest BCUT2D eigenvalue weighted by Crippen LogP contribution is 2.63. The molecule has 8 aromatic carbocycles. The van der Waals surface area contributed by atoms with Gasteiger partial charge in [-0.1, -0.05) is 206 Å². The predicted molar refractivity (Wildman–Crippen MR) is 243 cm³/mol. The third-order valence-electron chi connectivity index (χ3n) is 12.7. The van der Waals surface area contributed by atoms with Gasteiger partial charge in [0, 0.05) is 11.1 Å². The Morgan fingerprint density at radius 2 is 0.607 bits per heavy atom. The van der Waals surface area contributed by atoms with Crippen molar-refractivity contribution in [2.45, 2.75) is 10.8 Å². The maximum absolute atomic E-state index is 13.5. The molecule has 0 fully saturated rings. The third-order valence-corrected chi connectivity index (χ3v) is 13.9. The van der Waals surface area contributed by atoms with Crippen molar-refractivity contribution < 1.29 is 9.85 Å². The number of fused-ring (bicyclic) bond motifs is 6. The van der Waals surface area contributed by atoms with Crippen molar-refractivity contribution in [3.63, 3.8) is 0 Å². The van der Waals surface area contributed by atoms with E-state index in [9.17, 15) is 20.2 Å². The summed E-state index contributed by atoms with van der Waals surface area (Å²) < 4.78 is 0. The normalized spacial score (nSPS) is 13.8. The van der Waals surface area contributed by atoms with Crippen molar-refractivity contribution in [1.29, 1.82) is 0 Å². The molecule has 0 saturated heterocycles. The Bertz CT molecular complexity index is 2910. The van der Waals surface area contributed by atoms with Crippen LogP contribution in [0, 0.1) is 20.2 Å². The largest absolute Gasteiger partial charge is 0.365 e. The summed E-state index contributed by atoms with van der Waals surface area (Å²) in [5.74, 6) is 0. The topological polar surface area (TPSA) is 86.3 Å². The first kappa shape index (κ1) is 36.3. The molecule has 0 atom stereocenters. The first-order valence-electron chi connectivity index (χ1n) is 20.1. The van der Waals surface area contributed by atoms with Crippen molar-refractivity contribution in [1.82, 2.24) is 0 Å². The SMILES string of the molecule is O=[N+]([O-])c1c(-c2cccc3c2-c2ccccc2C3(c2ccccc2)c2ccccc2)sc(-c2cccc3c2-c2ccccc2C3(c2ccccc2)c2ccccc2)c1[N+](=O)[O-]. The maximum atomic E-state index is 13.5. The quantitative estimate of drug-likeness (QED) is 0.113. The van der Waals surface area contributed by atoms with Crippen LogP contribution in [0.15, 0.2) is 206 Å². The first-order chi connectivity index (χ1) is 30.0. The van der Waals surface area contributed by atoms with Crippen molar-refractivity contribution >= 4 is 22.7 Å². The Hall–Kier alpha value is -7.74. The van der Waals surface area contributed by atoms with Gasteiger partial charge in [0.1, 0.15) is 9.75 Å². The van der Waals surface area contributed by atoms with Gasteiger partial charge in [0.2, 0.25) is 0 Å². The molecule has 9 aromatic rings. The Morgan fingerprint density at radius 1 is 0.328 bits per heavy atom. The smallest absolute Gasteiger partial charge is 0.258 e. The standard InChI is InChI=1S/C54H34N2O4S/c57-55(58)49-50(56(59)60)52(42-30-18-34-46-48(42)40-28-14-16-32-44(40)54(46,37-23-9-3-10-24-37)38-25-11-4-12-26-38)61-51(49)41-29-17-33-45-47(41)39-27-13-15-31-43(39)53(45,35-19-5-1-6-20-35)36-21-7-2-8-22-36/h1-34H. The molecule has 290 valence electrons. The Kier molecular flexibility index (Phi) is 8.30. The van der Waals surface area contributed by atoms with Crippen LogP contribution in [0.3, 0.4) is 0 Å². The third kappa shape index (κ3) is 5.01. The Morgan fingerprint density at radius 3 is 0.934 bits per heavy atom. The van der Waals surface area contributed by atoms with E-state index in [2.05, 4.69) is 84.9 Å². The number of nitrogens with zero attached hydrogens (tertiary/aromatic N) is 2. The number of thiophene rings is 1. The fourth-order valence-electron chi connectivity index (χ4n) is 10.5. The zero-order valence-electron chi connectivity index (χ0n) is 32.6.